The topological polar surface area (TPSA) is 38.7 Å². The van der Waals surface area contributed by atoms with E-state index < -0.39 is 0 Å². The predicted octanol–water partition coefficient (Wildman–Crippen LogP) is 2.46. The lowest BCUT2D eigenvalue weighted by molar-refractivity contribution is 0.166. The SMILES string of the molecule is COc1cc(OC)c2c(c1)C(O)CCCC2. The highest BCUT2D eigenvalue weighted by Crippen LogP contribution is 2.37. The minimum atomic E-state index is -0.388. The van der Waals surface area contributed by atoms with E-state index in [2.05, 4.69) is 0 Å². The molecule has 1 atom stereocenters. The number of aliphatic hydroxyl groups is 1. The second-order valence-electron chi connectivity index (χ2n) is 4.16. The van der Waals surface area contributed by atoms with Crippen molar-refractivity contribution in [3.8, 4) is 11.5 Å². The van der Waals surface area contributed by atoms with Crippen molar-refractivity contribution in [1.29, 1.82) is 0 Å². The molecule has 0 amide bonds. The van der Waals surface area contributed by atoms with Crippen LogP contribution in [0.25, 0.3) is 0 Å². The van der Waals surface area contributed by atoms with E-state index in [0.717, 1.165) is 48.3 Å². The van der Waals surface area contributed by atoms with E-state index in [1.165, 1.54) is 0 Å². The van der Waals surface area contributed by atoms with Crippen LogP contribution in [-0.4, -0.2) is 19.3 Å². The molecule has 0 radical (unpaired) electrons. The van der Waals surface area contributed by atoms with Crippen LogP contribution in [0, 0.1) is 0 Å². The maximum Gasteiger partial charge on any atom is 0.126 e. The fourth-order valence-corrected chi connectivity index (χ4v) is 2.30. The molecule has 0 bridgehead atoms. The average molecular weight is 222 g/mol. The molecule has 1 aliphatic rings. The molecule has 1 aromatic rings. The first-order valence-electron chi connectivity index (χ1n) is 5.69. The molecule has 2 rings (SSSR count). The quantitative estimate of drug-likeness (QED) is 0.781. The van der Waals surface area contributed by atoms with Gasteiger partial charge in [-0.05, 0) is 30.9 Å². The molecule has 1 aliphatic carbocycles. The average Bonchev–Trinajstić information content (AvgIpc) is 2.50. The Balaban J connectivity index is 2.51. The van der Waals surface area contributed by atoms with Gasteiger partial charge in [-0.15, -0.1) is 0 Å². The van der Waals surface area contributed by atoms with Crippen LogP contribution in [0.1, 0.15) is 36.5 Å². The van der Waals surface area contributed by atoms with E-state index in [4.69, 9.17) is 9.47 Å². The van der Waals surface area contributed by atoms with Crippen molar-refractivity contribution in [2.75, 3.05) is 14.2 Å². The van der Waals surface area contributed by atoms with Crippen molar-refractivity contribution in [3.05, 3.63) is 23.3 Å². The minimum absolute atomic E-state index is 0.388. The maximum atomic E-state index is 10.1. The first kappa shape index (κ1) is 11.3. The zero-order chi connectivity index (χ0) is 11.5. The van der Waals surface area contributed by atoms with Crippen LogP contribution in [0.4, 0.5) is 0 Å². The molecule has 1 unspecified atom stereocenters. The molecular formula is C13H18O3. The highest BCUT2D eigenvalue weighted by Gasteiger charge is 2.20. The summed E-state index contributed by atoms with van der Waals surface area (Å²) in [6, 6.07) is 3.81. The van der Waals surface area contributed by atoms with Gasteiger partial charge in [0.25, 0.3) is 0 Å². The van der Waals surface area contributed by atoms with Crippen LogP contribution < -0.4 is 9.47 Å². The number of hydrogen-bond donors (Lipinski definition) is 1. The summed E-state index contributed by atoms with van der Waals surface area (Å²) in [5, 5.41) is 10.1. The Morgan fingerprint density at radius 3 is 2.69 bits per heavy atom. The summed E-state index contributed by atoms with van der Waals surface area (Å²) in [5.41, 5.74) is 2.10. The molecule has 0 fully saturated rings. The summed E-state index contributed by atoms with van der Waals surface area (Å²) in [7, 11) is 3.29. The second-order valence-corrected chi connectivity index (χ2v) is 4.16. The molecule has 0 heterocycles. The van der Waals surface area contributed by atoms with Gasteiger partial charge in [0.2, 0.25) is 0 Å². The second kappa shape index (κ2) is 4.74. The molecular weight excluding hydrogens is 204 g/mol. The third-order valence-corrected chi connectivity index (χ3v) is 3.19. The van der Waals surface area contributed by atoms with Gasteiger partial charge in [0.05, 0.1) is 20.3 Å². The van der Waals surface area contributed by atoms with Gasteiger partial charge in [0, 0.05) is 11.6 Å². The van der Waals surface area contributed by atoms with Crippen molar-refractivity contribution in [3.63, 3.8) is 0 Å². The summed E-state index contributed by atoms with van der Waals surface area (Å²) in [5.74, 6) is 1.58. The van der Waals surface area contributed by atoms with Gasteiger partial charge < -0.3 is 14.6 Å². The number of rotatable bonds is 2. The molecule has 1 aromatic carbocycles. The highest BCUT2D eigenvalue weighted by atomic mass is 16.5. The Morgan fingerprint density at radius 1 is 1.19 bits per heavy atom. The first-order valence-corrected chi connectivity index (χ1v) is 5.69. The smallest absolute Gasteiger partial charge is 0.126 e. The molecule has 0 aromatic heterocycles. The van der Waals surface area contributed by atoms with Crippen molar-refractivity contribution >= 4 is 0 Å². The number of methoxy groups -OCH3 is 2. The first-order chi connectivity index (χ1) is 7.76. The normalized spacial score (nSPS) is 19.8. The van der Waals surface area contributed by atoms with Crippen LogP contribution in [0.15, 0.2) is 12.1 Å². The number of benzene rings is 1. The van der Waals surface area contributed by atoms with Crippen molar-refractivity contribution < 1.29 is 14.6 Å². The van der Waals surface area contributed by atoms with Crippen molar-refractivity contribution in [2.24, 2.45) is 0 Å². The van der Waals surface area contributed by atoms with E-state index in [0.29, 0.717) is 0 Å². The standard InChI is InChI=1S/C13H18O3/c1-15-9-7-11-10(13(8-9)16-2)5-3-4-6-12(11)14/h7-8,12,14H,3-6H2,1-2H3. The Labute approximate surface area is 96.0 Å². The molecule has 0 saturated heterocycles. The van der Waals surface area contributed by atoms with Gasteiger partial charge >= 0.3 is 0 Å². The molecule has 0 aliphatic heterocycles. The lowest BCUT2D eigenvalue weighted by Gasteiger charge is -2.16. The van der Waals surface area contributed by atoms with E-state index in [-0.39, 0.29) is 6.10 Å². The van der Waals surface area contributed by atoms with E-state index in [9.17, 15) is 5.11 Å². The van der Waals surface area contributed by atoms with Crippen LogP contribution in [0.5, 0.6) is 11.5 Å². The number of ether oxygens (including phenoxy) is 2. The Bertz CT molecular complexity index is 374. The molecule has 1 N–H and O–H groups in total. The molecule has 88 valence electrons. The monoisotopic (exact) mass is 222 g/mol. The largest absolute Gasteiger partial charge is 0.497 e. The molecule has 3 nitrogen and oxygen atoms in total. The summed E-state index contributed by atoms with van der Waals surface area (Å²) in [4.78, 5) is 0. The van der Waals surface area contributed by atoms with Crippen LogP contribution >= 0.6 is 0 Å². The zero-order valence-corrected chi connectivity index (χ0v) is 9.82. The van der Waals surface area contributed by atoms with Crippen LogP contribution in [0.3, 0.4) is 0 Å². The maximum absolute atomic E-state index is 10.1. The number of hydrogen-bond acceptors (Lipinski definition) is 3. The van der Waals surface area contributed by atoms with Gasteiger partial charge in [0.15, 0.2) is 0 Å². The Morgan fingerprint density at radius 2 is 2.00 bits per heavy atom. The van der Waals surface area contributed by atoms with Crippen molar-refractivity contribution in [2.45, 2.75) is 31.8 Å². The highest BCUT2D eigenvalue weighted by molar-refractivity contribution is 5.48. The summed E-state index contributed by atoms with van der Waals surface area (Å²) in [6.07, 6.45) is 3.57. The van der Waals surface area contributed by atoms with Gasteiger partial charge in [-0.2, -0.15) is 0 Å². The third kappa shape index (κ3) is 2.00. The number of fused-ring (bicyclic) bond motifs is 1. The van der Waals surface area contributed by atoms with Gasteiger partial charge in [-0.3, -0.25) is 0 Å². The third-order valence-electron chi connectivity index (χ3n) is 3.19. The fraction of sp³-hybridized carbons (Fsp3) is 0.538. The van der Waals surface area contributed by atoms with Crippen LogP contribution in [0.2, 0.25) is 0 Å². The lowest BCUT2D eigenvalue weighted by Crippen LogP contribution is -2.02. The van der Waals surface area contributed by atoms with E-state index in [1.807, 2.05) is 12.1 Å². The zero-order valence-electron chi connectivity index (χ0n) is 9.82. The van der Waals surface area contributed by atoms with E-state index in [1.54, 1.807) is 14.2 Å². The molecule has 3 heteroatoms. The van der Waals surface area contributed by atoms with E-state index >= 15 is 0 Å². The summed E-state index contributed by atoms with van der Waals surface area (Å²) < 4.78 is 10.6. The number of aliphatic hydroxyl groups excluding tert-OH is 1. The van der Waals surface area contributed by atoms with Gasteiger partial charge in [-0.25, -0.2) is 0 Å². The van der Waals surface area contributed by atoms with Gasteiger partial charge in [-0.1, -0.05) is 6.42 Å². The van der Waals surface area contributed by atoms with Gasteiger partial charge in [0.1, 0.15) is 11.5 Å². The molecule has 0 spiro atoms. The fourth-order valence-electron chi connectivity index (χ4n) is 2.30. The molecule has 0 saturated carbocycles. The predicted molar refractivity (Wildman–Crippen MR) is 62.1 cm³/mol. The Kier molecular flexibility index (Phi) is 3.34. The minimum Gasteiger partial charge on any atom is -0.497 e. The van der Waals surface area contributed by atoms with Crippen LogP contribution in [-0.2, 0) is 6.42 Å². The summed E-state index contributed by atoms with van der Waals surface area (Å²) in [6.45, 7) is 0. The summed E-state index contributed by atoms with van der Waals surface area (Å²) >= 11 is 0. The lowest BCUT2D eigenvalue weighted by atomic mass is 9.99. The van der Waals surface area contributed by atoms with Crippen molar-refractivity contribution in [1.82, 2.24) is 0 Å². The molecule has 16 heavy (non-hydrogen) atoms. The Hall–Kier alpha value is -1.22.